The van der Waals surface area contributed by atoms with Crippen LogP contribution in [0.1, 0.15) is 40.5 Å². The molecule has 3 aromatic rings. The van der Waals surface area contributed by atoms with E-state index >= 15 is 0 Å². The molecule has 2 aliphatic rings. The zero-order chi connectivity index (χ0) is 22.9. The Morgan fingerprint density at radius 2 is 1.58 bits per heavy atom. The number of nitrogens with zero attached hydrogens (tertiary/aromatic N) is 1. The molecule has 0 aromatic heterocycles. The average Bonchev–Trinajstić information content (AvgIpc) is 3.39. The van der Waals surface area contributed by atoms with Gasteiger partial charge in [0.2, 0.25) is 5.91 Å². The van der Waals surface area contributed by atoms with Crippen LogP contribution in [0.5, 0.6) is 0 Å². The van der Waals surface area contributed by atoms with Crippen molar-refractivity contribution in [3.05, 3.63) is 101 Å². The molecule has 5 rings (SSSR count). The number of carbonyl (C=O) groups excluding carboxylic acids is 2. The van der Waals surface area contributed by atoms with Crippen molar-refractivity contribution in [3.63, 3.8) is 0 Å². The third-order valence-corrected chi connectivity index (χ3v) is 6.59. The average molecular weight is 462 g/mol. The summed E-state index contributed by atoms with van der Waals surface area (Å²) < 4.78 is 5.09. The minimum Gasteiger partial charge on any atom is -0.462 e. The smallest absolute Gasteiger partial charge is 0.338 e. The first-order valence-corrected chi connectivity index (χ1v) is 11.4. The molecule has 7 heteroatoms. The number of ether oxygens (including phenoxy) is 1. The zero-order valence-corrected chi connectivity index (χ0v) is 18.8. The lowest BCUT2D eigenvalue weighted by atomic mass is 9.83. The quantitative estimate of drug-likeness (QED) is 0.550. The van der Waals surface area contributed by atoms with Gasteiger partial charge in [0.15, 0.2) is 0 Å². The highest BCUT2D eigenvalue weighted by atomic mass is 35.5. The summed E-state index contributed by atoms with van der Waals surface area (Å²) in [7, 11) is 0. The van der Waals surface area contributed by atoms with Crippen molar-refractivity contribution in [2.24, 2.45) is 5.92 Å². The molecule has 33 heavy (non-hydrogen) atoms. The molecule has 6 nitrogen and oxygen atoms in total. The zero-order valence-electron chi connectivity index (χ0n) is 18.1. The third-order valence-electron chi connectivity index (χ3n) is 6.34. The highest BCUT2D eigenvalue weighted by molar-refractivity contribution is 6.30. The Balaban J connectivity index is 1.56. The first kappa shape index (κ1) is 21.6. The Kier molecular flexibility index (Phi) is 5.89. The van der Waals surface area contributed by atoms with Gasteiger partial charge in [-0.25, -0.2) is 15.6 Å². The first-order chi connectivity index (χ1) is 16.1. The van der Waals surface area contributed by atoms with E-state index < -0.39 is 0 Å². The van der Waals surface area contributed by atoms with E-state index in [1.54, 1.807) is 31.2 Å². The van der Waals surface area contributed by atoms with E-state index in [0.717, 1.165) is 16.8 Å². The van der Waals surface area contributed by atoms with Crippen LogP contribution in [0.4, 0.5) is 5.69 Å². The SMILES string of the molecule is CCOC(=O)c1ccc(N2C(=O)C3NNC(c4ccccc4)C3C2c2ccc(Cl)cc2)cc1. The van der Waals surface area contributed by atoms with E-state index in [2.05, 4.69) is 23.0 Å². The number of benzene rings is 3. The Hall–Kier alpha value is -3.19. The van der Waals surface area contributed by atoms with E-state index in [0.29, 0.717) is 17.2 Å². The minimum absolute atomic E-state index is 0.0187. The van der Waals surface area contributed by atoms with Gasteiger partial charge in [0.05, 0.1) is 24.3 Å². The predicted octanol–water partition coefficient (Wildman–Crippen LogP) is 4.44. The highest BCUT2D eigenvalue weighted by Crippen LogP contribution is 2.49. The van der Waals surface area contributed by atoms with Gasteiger partial charge in [-0.05, 0) is 54.4 Å². The van der Waals surface area contributed by atoms with Gasteiger partial charge in [-0.2, -0.15) is 0 Å². The van der Waals surface area contributed by atoms with E-state index in [9.17, 15) is 9.59 Å². The van der Waals surface area contributed by atoms with Gasteiger partial charge >= 0.3 is 5.97 Å². The van der Waals surface area contributed by atoms with Crippen LogP contribution in [0.25, 0.3) is 0 Å². The number of hydrogen-bond acceptors (Lipinski definition) is 5. The molecule has 2 saturated heterocycles. The van der Waals surface area contributed by atoms with Crippen LogP contribution < -0.4 is 15.8 Å². The molecular formula is C26H24ClN3O3. The molecule has 0 radical (unpaired) electrons. The molecule has 0 spiro atoms. The standard InChI is InChI=1S/C26H24ClN3O3/c1-2-33-26(32)18-10-14-20(15-11-18)30-24(17-8-12-19(27)13-9-17)21-22(16-6-4-3-5-7-16)28-29-23(21)25(30)31/h3-15,21-24,28-29H,2H2,1H3. The number of rotatable bonds is 5. The second-order valence-corrected chi connectivity index (χ2v) is 8.64. The Bertz CT molecular complexity index is 1150. The third kappa shape index (κ3) is 3.91. The van der Waals surface area contributed by atoms with Crippen molar-refractivity contribution in [2.75, 3.05) is 11.5 Å². The van der Waals surface area contributed by atoms with Crippen LogP contribution in [0.15, 0.2) is 78.9 Å². The molecule has 1 amide bonds. The molecule has 4 atom stereocenters. The lowest BCUT2D eigenvalue weighted by Gasteiger charge is -2.31. The fourth-order valence-electron chi connectivity index (χ4n) is 4.87. The van der Waals surface area contributed by atoms with Crippen molar-refractivity contribution in [1.29, 1.82) is 0 Å². The summed E-state index contributed by atoms with van der Waals surface area (Å²) in [6.45, 7) is 2.08. The molecule has 168 valence electrons. The molecular weight excluding hydrogens is 438 g/mol. The van der Waals surface area contributed by atoms with Crippen molar-refractivity contribution < 1.29 is 14.3 Å². The molecule has 2 aliphatic heterocycles. The number of nitrogens with one attached hydrogen (secondary N) is 2. The van der Waals surface area contributed by atoms with Crippen LogP contribution in [0, 0.1) is 5.92 Å². The Labute approximate surface area is 197 Å². The molecule has 0 saturated carbocycles. The summed E-state index contributed by atoms with van der Waals surface area (Å²) in [5.74, 6) is -0.446. The van der Waals surface area contributed by atoms with Crippen molar-refractivity contribution >= 4 is 29.2 Å². The fourth-order valence-corrected chi connectivity index (χ4v) is 5.00. The normalized spacial score (nSPS) is 24.1. The largest absolute Gasteiger partial charge is 0.462 e. The number of hydrazine groups is 1. The number of fused-ring (bicyclic) bond motifs is 1. The van der Waals surface area contributed by atoms with Gasteiger partial charge in [0.25, 0.3) is 0 Å². The molecule has 0 aliphatic carbocycles. The fraction of sp³-hybridized carbons (Fsp3) is 0.231. The second kappa shape index (κ2) is 8.98. The van der Waals surface area contributed by atoms with Crippen LogP contribution in [0.2, 0.25) is 5.02 Å². The molecule has 3 aromatic carbocycles. The molecule has 2 heterocycles. The second-order valence-electron chi connectivity index (χ2n) is 8.20. The van der Waals surface area contributed by atoms with Crippen molar-refractivity contribution in [3.8, 4) is 0 Å². The number of halogens is 1. The van der Waals surface area contributed by atoms with Gasteiger partial charge < -0.3 is 9.64 Å². The van der Waals surface area contributed by atoms with Crippen LogP contribution in [-0.4, -0.2) is 24.5 Å². The van der Waals surface area contributed by atoms with Crippen molar-refractivity contribution in [2.45, 2.75) is 25.0 Å². The lowest BCUT2D eigenvalue weighted by molar-refractivity contribution is -0.119. The number of anilines is 1. The van der Waals surface area contributed by atoms with Crippen LogP contribution in [-0.2, 0) is 9.53 Å². The summed E-state index contributed by atoms with van der Waals surface area (Å²) in [6.07, 6.45) is 0. The maximum Gasteiger partial charge on any atom is 0.338 e. The van der Waals surface area contributed by atoms with Crippen molar-refractivity contribution in [1.82, 2.24) is 10.9 Å². The van der Waals surface area contributed by atoms with E-state index in [1.165, 1.54) is 0 Å². The molecule has 2 fully saturated rings. The predicted molar refractivity (Wildman–Crippen MR) is 127 cm³/mol. The summed E-state index contributed by atoms with van der Waals surface area (Å²) in [6, 6.07) is 24.1. The lowest BCUT2D eigenvalue weighted by Crippen LogP contribution is -2.41. The first-order valence-electron chi connectivity index (χ1n) is 11.0. The maximum absolute atomic E-state index is 13.6. The highest BCUT2D eigenvalue weighted by Gasteiger charge is 2.55. The van der Waals surface area contributed by atoms with E-state index in [1.807, 2.05) is 47.4 Å². The number of esters is 1. The van der Waals surface area contributed by atoms with Crippen LogP contribution >= 0.6 is 11.6 Å². The number of carbonyl (C=O) groups is 2. The summed E-state index contributed by atoms with van der Waals surface area (Å²) >= 11 is 6.16. The molecule has 4 unspecified atom stereocenters. The van der Waals surface area contributed by atoms with Gasteiger partial charge in [-0.3, -0.25) is 4.79 Å². The minimum atomic E-state index is -0.388. The van der Waals surface area contributed by atoms with Gasteiger partial charge in [0, 0.05) is 16.6 Å². The molecule has 0 bridgehead atoms. The van der Waals surface area contributed by atoms with E-state index in [-0.39, 0.29) is 35.9 Å². The van der Waals surface area contributed by atoms with E-state index in [4.69, 9.17) is 16.3 Å². The van der Waals surface area contributed by atoms with Gasteiger partial charge in [-0.15, -0.1) is 0 Å². The number of hydrogen-bond donors (Lipinski definition) is 2. The summed E-state index contributed by atoms with van der Waals surface area (Å²) in [4.78, 5) is 27.6. The topological polar surface area (TPSA) is 70.7 Å². The molecule has 2 N–H and O–H groups in total. The summed E-state index contributed by atoms with van der Waals surface area (Å²) in [5.41, 5.74) is 9.88. The maximum atomic E-state index is 13.6. The van der Waals surface area contributed by atoms with Gasteiger partial charge in [-0.1, -0.05) is 54.1 Å². The number of amides is 1. The summed E-state index contributed by atoms with van der Waals surface area (Å²) in [5, 5.41) is 0.646. The van der Waals surface area contributed by atoms with Gasteiger partial charge in [0.1, 0.15) is 6.04 Å². The Morgan fingerprint density at radius 1 is 0.909 bits per heavy atom. The monoisotopic (exact) mass is 461 g/mol. The Morgan fingerprint density at radius 3 is 2.24 bits per heavy atom. The van der Waals surface area contributed by atoms with Crippen LogP contribution in [0.3, 0.4) is 0 Å².